The predicted molar refractivity (Wildman–Crippen MR) is 76.3 cm³/mol. The largest absolute Gasteiger partial charge is 0.486 e. The lowest BCUT2D eigenvalue weighted by Crippen LogP contribution is -2.15. The molecule has 1 aliphatic heterocycles. The number of H-pyrrole nitrogens is 1. The van der Waals surface area contributed by atoms with E-state index >= 15 is 0 Å². The smallest absolute Gasteiger partial charge is 0.185 e. The predicted octanol–water partition coefficient (Wildman–Crippen LogP) is 3.71. The molecule has 0 unspecified atom stereocenters. The van der Waals surface area contributed by atoms with Gasteiger partial charge in [-0.2, -0.15) is 0 Å². The first-order valence-electron chi connectivity index (χ1n) is 6.55. The molecule has 19 heavy (non-hydrogen) atoms. The minimum absolute atomic E-state index is 0.611. The summed E-state index contributed by atoms with van der Waals surface area (Å²) in [7, 11) is 0. The van der Waals surface area contributed by atoms with E-state index in [2.05, 4.69) is 37.0 Å². The molecule has 0 amide bonds. The third kappa shape index (κ3) is 1.44. The fourth-order valence-electron chi connectivity index (χ4n) is 3.01. The number of rotatable bonds is 0. The molecule has 1 aromatic heterocycles. The van der Waals surface area contributed by atoms with Gasteiger partial charge in [-0.1, -0.05) is 6.07 Å². The Labute approximate surface area is 111 Å². The topological polar surface area (TPSA) is 34.2 Å². The monoisotopic (exact) mass is 253 g/mol. The number of fused-ring (bicyclic) bond motifs is 5. The van der Waals surface area contributed by atoms with E-state index in [1.54, 1.807) is 0 Å². The molecule has 0 saturated heterocycles. The molecule has 0 saturated carbocycles. The highest BCUT2D eigenvalue weighted by atomic mass is 16.6. The van der Waals surface area contributed by atoms with Crippen LogP contribution in [0.25, 0.3) is 21.8 Å². The Kier molecular flexibility index (Phi) is 2.07. The highest BCUT2D eigenvalue weighted by Gasteiger charge is 2.18. The highest BCUT2D eigenvalue weighted by Crippen LogP contribution is 2.41. The maximum Gasteiger partial charge on any atom is 0.185 e. The Morgan fingerprint density at radius 1 is 1.05 bits per heavy atom. The number of aryl methyl sites for hydroxylation is 2. The van der Waals surface area contributed by atoms with Crippen molar-refractivity contribution in [1.29, 1.82) is 0 Å². The van der Waals surface area contributed by atoms with Gasteiger partial charge in [-0.25, -0.2) is 0 Å². The maximum atomic E-state index is 5.78. The molecule has 0 radical (unpaired) electrons. The molecular formula is C16H15NO2. The lowest BCUT2D eigenvalue weighted by Gasteiger charge is -2.18. The number of hydrogen-bond acceptors (Lipinski definition) is 2. The first-order valence-corrected chi connectivity index (χ1v) is 6.55. The maximum absolute atomic E-state index is 5.78. The Hall–Kier alpha value is -2.16. The van der Waals surface area contributed by atoms with Crippen LogP contribution in [0.1, 0.15) is 11.1 Å². The normalized spacial score (nSPS) is 14.2. The van der Waals surface area contributed by atoms with Gasteiger partial charge in [0.15, 0.2) is 11.5 Å². The second kappa shape index (κ2) is 3.67. The summed E-state index contributed by atoms with van der Waals surface area (Å²) in [6, 6.07) is 8.51. The Morgan fingerprint density at radius 2 is 1.89 bits per heavy atom. The lowest BCUT2D eigenvalue weighted by atomic mass is 10.0. The summed E-state index contributed by atoms with van der Waals surface area (Å²) in [6.07, 6.45) is 0. The molecule has 0 spiro atoms. The average Bonchev–Trinajstić information content (AvgIpc) is 2.77. The number of aromatic nitrogens is 1. The van der Waals surface area contributed by atoms with Crippen LogP contribution in [0.15, 0.2) is 24.3 Å². The quantitative estimate of drug-likeness (QED) is 0.662. The molecule has 2 aromatic carbocycles. The fraction of sp³-hybridized carbons (Fsp3) is 0.250. The van der Waals surface area contributed by atoms with E-state index in [4.69, 9.17) is 9.47 Å². The first-order chi connectivity index (χ1) is 9.24. The van der Waals surface area contributed by atoms with Gasteiger partial charge in [0.2, 0.25) is 0 Å². The van der Waals surface area contributed by atoms with E-state index in [9.17, 15) is 0 Å². The van der Waals surface area contributed by atoms with Gasteiger partial charge < -0.3 is 14.5 Å². The second-order valence-electron chi connectivity index (χ2n) is 5.14. The number of hydrogen-bond donors (Lipinski definition) is 1. The van der Waals surface area contributed by atoms with Gasteiger partial charge >= 0.3 is 0 Å². The fourth-order valence-corrected chi connectivity index (χ4v) is 3.01. The Balaban J connectivity index is 2.16. The van der Waals surface area contributed by atoms with E-state index in [0.717, 1.165) is 22.5 Å². The number of ether oxygens (including phenoxy) is 2. The molecule has 3 heteroatoms. The van der Waals surface area contributed by atoms with Crippen LogP contribution in [0.5, 0.6) is 11.5 Å². The van der Waals surface area contributed by atoms with Gasteiger partial charge in [0.25, 0.3) is 0 Å². The van der Waals surface area contributed by atoms with Crippen molar-refractivity contribution in [2.75, 3.05) is 13.2 Å². The Morgan fingerprint density at radius 3 is 2.79 bits per heavy atom. The van der Waals surface area contributed by atoms with Crippen molar-refractivity contribution in [3.63, 3.8) is 0 Å². The summed E-state index contributed by atoms with van der Waals surface area (Å²) >= 11 is 0. The molecule has 0 bridgehead atoms. The van der Waals surface area contributed by atoms with E-state index in [-0.39, 0.29) is 0 Å². The van der Waals surface area contributed by atoms with Crippen LogP contribution in [0.2, 0.25) is 0 Å². The zero-order valence-corrected chi connectivity index (χ0v) is 11.0. The molecule has 2 heterocycles. The van der Waals surface area contributed by atoms with Crippen LogP contribution in [0, 0.1) is 13.8 Å². The molecule has 3 aromatic rings. The van der Waals surface area contributed by atoms with Gasteiger partial charge in [-0.05, 0) is 43.2 Å². The molecule has 0 aliphatic carbocycles. The van der Waals surface area contributed by atoms with Crippen molar-refractivity contribution in [3.8, 4) is 11.5 Å². The molecule has 4 rings (SSSR count). The van der Waals surface area contributed by atoms with Gasteiger partial charge in [0.1, 0.15) is 13.2 Å². The number of nitrogens with one attached hydrogen (secondary N) is 1. The summed E-state index contributed by atoms with van der Waals surface area (Å²) in [5.74, 6) is 1.68. The van der Waals surface area contributed by atoms with Crippen molar-refractivity contribution in [2.45, 2.75) is 13.8 Å². The summed E-state index contributed by atoms with van der Waals surface area (Å²) in [5, 5.41) is 2.48. The van der Waals surface area contributed by atoms with Gasteiger partial charge in [-0.15, -0.1) is 0 Å². The lowest BCUT2D eigenvalue weighted by molar-refractivity contribution is 0.173. The van der Waals surface area contributed by atoms with Gasteiger partial charge in [0, 0.05) is 16.3 Å². The summed E-state index contributed by atoms with van der Waals surface area (Å²) < 4.78 is 11.4. The third-order valence-corrected chi connectivity index (χ3v) is 3.72. The third-order valence-electron chi connectivity index (χ3n) is 3.72. The minimum Gasteiger partial charge on any atom is -0.486 e. The zero-order chi connectivity index (χ0) is 13.0. The second-order valence-corrected chi connectivity index (χ2v) is 5.14. The molecular weight excluding hydrogens is 238 g/mol. The molecule has 96 valence electrons. The van der Waals surface area contributed by atoms with Crippen molar-refractivity contribution in [2.24, 2.45) is 0 Å². The van der Waals surface area contributed by atoms with Crippen LogP contribution >= 0.6 is 0 Å². The Bertz CT molecular complexity index is 801. The minimum atomic E-state index is 0.611. The summed E-state index contributed by atoms with van der Waals surface area (Å²) in [4.78, 5) is 3.48. The van der Waals surface area contributed by atoms with Crippen LogP contribution in [0.3, 0.4) is 0 Å². The van der Waals surface area contributed by atoms with E-state index in [1.165, 1.54) is 21.9 Å². The van der Waals surface area contributed by atoms with Crippen LogP contribution in [-0.2, 0) is 0 Å². The summed E-state index contributed by atoms with van der Waals surface area (Å²) in [6.45, 7) is 5.50. The van der Waals surface area contributed by atoms with Crippen LogP contribution in [-0.4, -0.2) is 18.2 Å². The van der Waals surface area contributed by atoms with Crippen LogP contribution < -0.4 is 9.47 Å². The van der Waals surface area contributed by atoms with E-state index < -0.39 is 0 Å². The summed E-state index contributed by atoms with van der Waals surface area (Å²) in [5.41, 5.74) is 4.76. The zero-order valence-electron chi connectivity index (χ0n) is 11.0. The van der Waals surface area contributed by atoms with Crippen molar-refractivity contribution in [3.05, 3.63) is 35.4 Å². The SMILES string of the molecule is Cc1cc(C)c2c(c1)[nH]c1c3c(ccc12)OCCO3. The van der Waals surface area contributed by atoms with Crippen molar-refractivity contribution < 1.29 is 9.47 Å². The highest BCUT2D eigenvalue weighted by molar-refractivity contribution is 6.11. The van der Waals surface area contributed by atoms with Gasteiger partial charge in [0.05, 0.1) is 5.52 Å². The van der Waals surface area contributed by atoms with Crippen molar-refractivity contribution >= 4 is 21.8 Å². The van der Waals surface area contributed by atoms with Crippen molar-refractivity contribution in [1.82, 2.24) is 4.98 Å². The molecule has 1 N–H and O–H groups in total. The standard InChI is InChI=1S/C16H15NO2/c1-9-7-10(2)14-11-3-4-13-16(19-6-5-18-13)15(11)17-12(14)8-9/h3-4,7-8,17H,5-6H2,1-2H3. The first kappa shape index (κ1) is 10.7. The number of benzene rings is 2. The van der Waals surface area contributed by atoms with Crippen LogP contribution in [0.4, 0.5) is 0 Å². The molecule has 3 nitrogen and oxygen atoms in total. The molecule has 0 fully saturated rings. The average molecular weight is 253 g/mol. The molecule has 0 atom stereocenters. The molecule has 1 aliphatic rings. The van der Waals surface area contributed by atoms with E-state index in [1.807, 2.05) is 6.07 Å². The number of aromatic amines is 1. The van der Waals surface area contributed by atoms with E-state index in [0.29, 0.717) is 13.2 Å². The van der Waals surface area contributed by atoms with Gasteiger partial charge in [-0.3, -0.25) is 0 Å².